The van der Waals surface area contributed by atoms with Crippen LogP contribution in [0.4, 0.5) is 0 Å². The van der Waals surface area contributed by atoms with Gasteiger partial charge in [0.05, 0.1) is 6.21 Å². The Kier molecular flexibility index (Phi) is 4.43. The molecule has 0 aliphatic carbocycles. The van der Waals surface area contributed by atoms with Gasteiger partial charge in [0.2, 0.25) is 4.77 Å². The largest absolute Gasteiger partial charge is 0.250 e. The number of hydrogen-bond donors (Lipinski definition) is 1. The Hall–Kier alpha value is -1.27. The molecule has 0 bridgehead atoms. The maximum Gasteiger partial charge on any atom is 0.216 e. The molecule has 1 aromatic carbocycles. The Morgan fingerprint density at radius 2 is 2.17 bits per heavy atom. The quantitative estimate of drug-likeness (QED) is 0.690. The lowest BCUT2D eigenvalue weighted by atomic mass is 10.2. The van der Waals surface area contributed by atoms with E-state index in [1.54, 1.807) is 10.9 Å². The number of benzene rings is 1. The fraction of sp³-hybridized carbons (Fsp3) is 0.250. The van der Waals surface area contributed by atoms with Gasteiger partial charge in [-0.15, -0.1) is 0 Å². The predicted molar refractivity (Wildman–Crippen MR) is 78.5 cm³/mol. The van der Waals surface area contributed by atoms with Crippen LogP contribution in [-0.2, 0) is 6.42 Å². The monoisotopic (exact) mass is 324 g/mol. The molecule has 1 N–H and O–H groups in total. The van der Waals surface area contributed by atoms with Gasteiger partial charge in [0.15, 0.2) is 5.82 Å². The van der Waals surface area contributed by atoms with Crippen molar-refractivity contribution in [3.8, 4) is 0 Å². The van der Waals surface area contributed by atoms with Crippen molar-refractivity contribution >= 4 is 34.4 Å². The van der Waals surface area contributed by atoms with Gasteiger partial charge in [-0.05, 0) is 36.3 Å². The number of aromatic nitrogens is 3. The van der Waals surface area contributed by atoms with Gasteiger partial charge in [0.1, 0.15) is 0 Å². The summed E-state index contributed by atoms with van der Waals surface area (Å²) in [4.78, 5) is 0. The van der Waals surface area contributed by atoms with Crippen molar-refractivity contribution in [2.75, 3.05) is 0 Å². The third kappa shape index (κ3) is 3.14. The van der Waals surface area contributed by atoms with Gasteiger partial charge in [-0.2, -0.15) is 14.9 Å². The summed E-state index contributed by atoms with van der Waals surface area (Å²) in [5, 5.41) is 11.3. The SMILES string of the molecule is CCCc1n[nH]c(=S)n1/N=C\c1ccc(Br)cc1. The smallest absolute Gasteiger partial charge is 0.216 e. The highest BCUT2D eigenvalue weighted by atomic mass is 79.9. The minimum atomic E-state index is 0.520. The highest BCUT2D eigenvalue weighted by molar-refractivity contribution is 9.10. The molecule has 4 nitrogen and oxygen atoms in total. The maximum absolute atomic E-state index is 5.15. The fourth-order valence-electron chi connectivity index (χ4n) is 1.50. The lowest BCUT2D eigenvalue weighted by Gasteiger charge is -1.98. The van der Waals surface area contributed by atoms with E-state index in [2.05, 4.69) is 38.2 Å². The molecular formula is C12H13BrN4S. The van der Waals surface area contributed by atoms with Crippen LogP contribution in [0.15, 0.2) is 33.8 Å². The molecule has 0 aliphatic heterocycles. The second-order valence-corrected chi connectivity index (χ2v) is 5.11. The van der Waals surface area contributed by atoms with Gasteiger partial charge in [0, 0.05) is 10.9 Å². The summed E-state index contributed by atoms with van der Waals surface area (Å²) in [6, 6.07) is 7.92. The normalized spacial score (nSPS) is 11.2. The van der Waals surface area contributed by atoms with Gasteiger partial charge in [-0.25, -0.2) is 0 Å². The minimum Gasteiger partial charge on any atom is -0.250 e. The summed E-state index contributed by atoms with van der Waals surface area (Å²) < 4.78 is 3.24. The topological polar surface area (TPSA) is 46.0 Å². The molecule has 0 fully saturated rings. The zero-order valence-corrected chi connectivity index (χ0v) is 12.3. The van der Waals surface area contributed by atoms with Crippen molar-refractivity contribution in [3.63, 3.8) is 0 Å². The van der Waals surface area contributed by atoms with Crippen LogP contribution in [0.3, 0.4) is 0 Å². The third-order valence-corrected chi connectivity index (χ3v) is 3.18. The molecule has 94 valence electrons. The van der Waals surface area contributed by atoms with Gasteiger partial charge < -0.3 is 0 Å². The first-order valence-electron chi connectivity index (χ1n) is 5.67. The predicted octanol–water partition coefficient (Wildman–Crippen LogP) is 3.54. The summed E-state index contributed by atoms with van der Waals surface area (Å²) in [7, 11) is 0. The number of H-pyrrole nitrogens is 1. The zero-order valence-electron chi connectivity index (χ0n) is 9.93. The average molecular weight is 325 g/mol. The van der Waals surface area contributed by atoms with E-state index in [9.17, 15) is 0 Å². The molecule has 0 atom stereocenters. The van der Waals surface area contributed by atoms with E-state index in [1.165, 1.54) is 0 Å². The molecule has 6 heteroatoms. The van der Waals surface area contributed by atoms with Gasteiger partial charge >= 0.3 is 0 Å². The second-order valence-electron chi connectivity index (χ2n) is 3.80. The molecule has 0 spiro atoms. The zero-order chi connectivity index (χ0) is 13.0. The lowest BCUT2D eigenvalue weighted by molar-refractivity contribution is 0.740. The van der Waals surface area contributed by atoms with E-state index < -0.39 is 0 Å². The van der Waals surface area contributed by atoms with Crippen molar-refractivity contribution < 1.29 is 0 Å². The molecule has 0 unspecified atom stereocenters. The first kappa shape index (κ1) is 13.2. The van der Waals surface area contributed by atoms with Crippen molar-refractivity contribution in [2.45, 2.75) is 19.8 Å². The molecule has 0 saturated heterocycles. The van der Waals surface area contributed by atoms with Crippen LogP contribution in [0.1, 0.15) is 24.7 Å². The van der Waals surface area contributed by atoms with Crippen molar-refractivity contribution in [3.05, 3.63) is 44.9 Å². The summed E-state index contributed by atoms with van der Waals surface area (Å²) >= 11 is 8.54. The summed E-state index contributed by atoms with van der Waals surface area (Å²) in [6.45, 7) is 2.10. The van der Waals surface area contributed by atoms with Crippen LogP contribution in [0.25, 0.3) is 0 Å². The standard InChI is InChI=1S/C12H13BrN4S/c1-2-3-11-15-16-12(18)17(11)14-8-9-4-6-10(13)7-5-9/h4-8H,2-3H2,1H3,(H,16,18)/b14-8-. The van der Waals surface area contributed by atoms with Crippen LogP contribution in [0.5, 0.6) is 0 Å². The van der Waals surface area contributed by atoms with Gasteiger partial charge in [-0.3, -0.25) is 5.10 Å². The number of hydrogen-bond acceptors (Lipinski definition) is 3. The second kappa shape index (κ2) is 6.06. The molecule has 1 heterocycles. The number of nitrogens with one attached hydrogen (secondary N) is 1. The minimum absolute atomic E-state index is 0.520. The number of rotatable bonds is 4. The van der Waals surface area contributed by atoms with Gasteiger partial charge in [-0.1, -0.05) is 35.0 Å². The summed E-state index contributed by atoms with van der Waals surface area (Å²) in [6.07, 6.45) is 3.63. The number of aromatic amines is 1. The van der Waals surface area contributed by atoms with Crippen molar-refractivity contribution in [1.29, 1.82) is 0 Å². The van der Waals surface area contributed by atoms with E-state index in [1.807, 2.05) is 24.3 Å². The van der Waals surface area contributed by atoms with E-state index >= 15 is 0 Å². The summed E-state index contributed by atoms with van der Waals surface area (Å²) in [5.41, 5.74) is 1.02. The first-order valence-corrected chi connectivity index (χ1v) is 6.87. The van der Waals surface area contributed by atoms with Crippen LogP contribution >= 0.6 is 28.1 Å². The molecular weight excluding hydrogens is 312 g/mol. The first-order chi connectivity index (χ1) is 8.70. The van der Waals surface area contributed by atoms with Gasteiger partial charge in [0.25, 0.3) is 0 Å². The van der Waals surface area contributed by atoms with E-state index in [-0.39, 0.29) is 0 Å². The van der Waals surface area contributed by atoms with Crippen LogP contribution in [0.2, 0.25) is 0 Å². The third-order valence-electron chi connectivity index (χ3n) is 2.38. The van der Waals surface area contributed by atoms with E-state index in [0.717, 1.165) is 28.7 Å². The van der Waals surface area contributed by atoms with Crippen LogP contribution < -0.4 is 0 Å². The van der Waals surface area contributed by atoms with Crippen LogP contribution in [-0.4, -0.2) is 21.1 Å². The molecule has 1 aromatic heterocycles. The lowest BCUT2D eigenvalue weighted by Crippen LogP contribution is -1.98. The van der Waals surface area contributed by atoms with Crippen molar-refractivity contribution in [2.24, 2.45) is 5.10 Å². The molecule has 2 rings (SSSR count). The molecule has 0 radical (unpaired) electrons. The Morgan fingerprint density at radius 1 is 1.44 bits per heavy atom. The molecule has 18 heavy (non-hydrogen) atoms. The molecule has 2 aromatic rings. The highest BCUT2D eigenvalue weighted by Gasteiger charge is 2.02. The van der Waals surface area contributed by atoms with E-state index in [4.69, 9.17) is 12.2 Å². The Labute approximate surface area is 119 Å². The summed E-state index contributed by atoms with van der Waals surface area (Å²) in [5.74, 6) is 0.857. The number of halogens is 1. The average Bonchev–Trinajstić information content (AvgIpc) is 2.71. The van der Waals surface area contributed by atoms with E-state index in [0.29, 0.717) is 4.77 Å². The fourth-order valence-corrected chi connectivity index (χ4v) is 1.96. The molecule has 0 aliphatic rings. The number of nitrogens with zero attached hydrogens (tertiary/aromatic N) is 3. The van der Waals surface area contributed by atoms with Crippen LogP contribution in [0, 0.1) is 4.77 Å². The Bertz CT molecular complexity index is 597. The highest BCUT2D eigenvalue weighted by Crippen LogP contribution is 2.09. The number of aryl methyl sites for hydroxylation is 1. The Balaban J connectivity index is 2.25. The van der Waals surface area contributed by atoms with Crippen molar-refractivity contribution in [1.82, 2.24) is 14.9 Å². The maximum atomic E-state index is 5.15. The molecule has 0 saturated carbocycles. The Morgan fingerprint density at radius 3 is 2.83 bits per heavy atom. The molecule has 0 amide bonds.